The van der Waals surface area contributed by atoms with Gasteiger partial charge in [0.05, 0.1) is 12.3 Å². The van der Waals surface area contributed by atoms with Crippen LogP contribution in [-0.4, -0.2) is 37.9 Å². The molecule has 19 heavy (non-hydrogen) atoms. The second kappa shape index (κ2) is 6.89. The number of ether oxygens (including phenoxy) is 1. The molecule has 5 heteroatoms. The van der Waals surface area contributed by atoms with Crippen molar-refractivity contribution in [3.63, 3.8) is 0 Å². The van der Waals surface area contributed by atoms with Crippen LogP contribution in [0.15, 0.2) is 24.3 Å². The number of hydrogen-bond donors (Lipinski definition) is 1. The van der Waals surface area contributed by atoms with Gasteiger partial charge in [-0.2, -0.15) is 0 Å². The van der Waals surface area contributed by atoms with E-state index < -0.39 is 11.8 Å². The van der Waals surface area contributed by atoms with Crippen LogP contribution < -0.4 is 4.90 Å². The molecule has 0 heterocycles. The second-order valence-electron chi connectivity index (χ2n) is 4.30. The van der Waals surface area contributed by atoms with Crippen molar-refractivity contribution < 1.29 is 19.0 Å². The van der Waals surface area contributed by atoms with Gasteiger partial charge in [0.25, 0.3) is 0 Å². The van der Waals surface area contributed by atoms with Crippen LogP contribution in [0.1, 0.15) is 12.5 Å². The van der Waals surface area contributed by atoms with Crippen LogP contribution in [-0.2, 0) is 9.53 Å². The number of methoxy groups -OCH3 is 1. The summed E-state index contributed by atoms with van der Waals surface area (Å²) in [5, 5.41) is 8.52. The highest BCUT2D eigenvalue weighted by molar-refractivity contribution is 5.85. The summed E-state index contributed by atoms with van der Waals surface area (Å²) in [6.07, 6.45) is 2.33. The molecule has 0 saturated heterocycles. The Kier molecular flexibility index (Phi) is 5.51. The third-order valence-corrected chi connectivity index (χ3v) is 2.84. The Morgan fingerprint density at radius 2 is 2.26 bits per heavy atom. The standard InChI is InChI=1S/C14H18FNO3/c1-10(9-19-3)16(2)13-6-4-11(8-12(13)15)5-7-14(17)18/h4-8,10H,9H2,1-3H3,(H,17,18). The van der Waals surface area contributed by atoms with Gasteiger partial charge in [0.15, 0.2) is 0 Å². The van der Waals surface area contributed by atoms with E-state index in [4.69, 9.17) is 9.84 Å². The molecule has 1 unspecified atom stereocenters. The summed E-state index contributed by atoms with van der Waals surface area (Å²) < 4.78 is 19.0. The fourth-order valence-electron chi connectivity index (χ4n) is 1.67. The van der Waals surface area contributed by atoms with Crippen molar-refractivity contribution in [3.8, 4) is 0 Å². The number of likely N-dealkylation sites (N-methyl/N-ethyl adjacent to an activating group) is 1. The first-order valence-electron chi connectivity index (χ1n) is 5.88. The van der Waals surface area contributed by atoms with E-state index in [0.29, 0.717) is 17.9 Å². The molecule has 1 aromatic carbocycles. The number of anilines is 1. The van der Waals surface area contributed by atoms with Crippen LogP contribution in [0.5, 0.6) is 0 Å². The molecule has 0 spiro atoms. The van der Waals surface area contributed by atoms with Crippen molar-refractivity contribution in [3.05, 3.63) is 35.7 Å². The minimum atomic E-state index is -1.06. The Bertz CT molecular complexity index is 474. The van der Waals surface area contributed by atoms with E-state index >= 15 is 0 Å². The highest BCUT2D eigenvalue weighted by Crippen LogP contribution is 2.22. The number of carboxylic acids is 1. The molecule has 1 N–H and O–H groups in total. The van der Waals surface area contributed by atoms with Gasteiger partial charge in [0, 0.05) is 26.3 Å². The van der Waals surface area contributed by atoms with Crippen molar-refractivity contribution in [2.75, 3.05) is 25.7 Å². The van der Waals surface area contributed by atoms with Crippen molar-refractivity contribution in [1.82, 2.24) is 0 Å². The number of carbonyl (C=O) groups is 1. The van der Waals surface area contributed by atoms with Crippen LogP contribution in [0.2, 0.25) is 0 Å². The zero-order valence-corrected chi connectivity index (χ0v) is 11.3. The minimum Gasteiger partial charge on any atom is -0.478 e. The van der Waals surface area contributed by atoms with Gasteiger partial charge in [0.1, 0.15) is 5.82 Å². The van der Waals surface area contributed by atoms with Crippen molar-refractivity contribution >= 4 is 17.7 Å². The molecule has 0 radical (unpaired) electrons. The topological polar surface area (TPSA) is 49.8 Å². The predicted molar refractivity (Wildman–Crippen MR) is 72.8 cm³/mol. The third kappa shape index (κ3) is 4.37. The summed E-state index contributed by atoms with van der Waals surface area (Å²) >= 11 is 0. The number of hydrogen-bond acceptors (Lipinski definition) is 3. The van der Waals surface area contributed by atoms with E-state index in [0.717, 1.165) is 6.08 Å². The average Bonchev–Trinajstić information content (AvgIpc) is 2.36. The van der Waals surface area contributed by atoms with Gasteiger partial charge >= 0.3 is 5.97 Å². The molecule has 0 bridgehead atoms. The molecule has 1 rings (SSSR count). The maximum Gasteiger partial charge on any atom is 0.328 e. The minimum absolute atomic E-state index is 0.0416. The predicted octanol–water partition coefficient (Wildman–Crippen LogP) is 2.39. The molecule has 0 saturated carbocycles. The van der Waals surface area contributed by atoms with Gasteiger partial charge in [-0.1, -0.05) is 6.07 Å². The zero-order valence-electron chi connectivity index (χ0n) is 11.3. The number of aliphatic carboxylic acids is 1. The van der Waals surface area contributed by atoms with Gasteiger partial charge in [-0.25, -0.2) is 9.18 Å². The van der Waals surface area contributed by atoms with Crippen molar-refractivity contribution in [1.29, 1.82) is 0 Å². The van der Waals surface area contributed by atoms with Gasteiger partial charge in [-0.3, -0.25) is 0 Å². The lowest BCUT2D eigenvalue weighted by Crippen LogP contribution is -2.33. The molecule has 0 aliphatic heterocycles. The lowest BCUT2D eigenvalue weighted by atomic mass is 10.1. The second-order valence-corrected chi connectivity index (χ2v) is 4.30. The van der Waals surface area contributed by atoms with Crippen LogP contribution in [0.4, 0.5) is 10.1 Å². The average molecular weight is 267 g/mol. The van der Waals surface area contributed by atoms with Gasteiger partial charge in [-0.15, -0.1) is 0 Å². The van der Waals surface area contributed by atoms with Crippen LogP contribution in [0.25, 0.3) is 6.08 Å². The van der Waals surface area contributed by atoms with Crippen LogP contribution >= 0.6 is 0 Å². The van der Waals surface area contributed by atoms with Gasteiger partial charge in [-0.05, 0) is 30.7 Å². The maximum atomic E-state index is 14.0. The molecule has 0 fully saturated rings. The number of benzene rings is 1. The summed E-state index contributed by atoms with van der Waals surface area (Å²) in [4.78, 5) is 12.2. The zero-order chi connectivity index (χ0) is 14.4. The maximum absolute atomic E-state index is 14.0. The van der Waals surface area contributed by atoms with E-state index in [2.05, 4.69) is 0 Å². The summed E-state index contributed by atoms with van der Waals surface area (Å²) in [5.41, 5.74) is 0.966. The fraction of sp³-hybridized carbons (Fsp3) is 0.357. The molecule has 0 aromatic heterocycles. The normalized spacial score (nSPS) is 12.6. The molecular weight excluding hydrogens is 249 g/mol. The van der Waals surface area contributed by atoms with E-state index in [1.165, 1.54) is 12.1 Å². The highest BCUT2D eigenvalue weighted by Gasteiger charge is 2.13. The molecule has 1 atom stereocenters. The molecule has 0 aliphatic carbocycles. The summed E-state index contributed by atoms with van der Waals surface area (Å²) in [7, 11) is 3.38. The van der Waals surface area contributed by atoms with E-state index in [-0.39, 0.29) is 6.04 Å². The Morgan fingerprint density at radius 3 is 2.79 bits per heavy atom. The Labute approximate surface area is 112 Å². The number of rotatable bonds is 6. The van der Waals surface area contributed by atoms with E-state index in [1.807, 2.05) is 6.92 Å². The quantitative estimate of drug-likeness (QED) is 0.804. The Balaban J connectivity index is 2.91. The Hall–Kier alpha value is -1.88. The van der Waals surface area contributed by atoms with Crippen LogP contribution in [0, 0.1) is 5.82 Å². The number of carboxylic acid groups (broad SMARTS) is 1. The first kappa shape index (κ1) is 15.2. The number of nitrogens with zero attached hydrogens (tertiary/aromatic N) is 1. The molecule has 0 amide bonds. The first-order chi connectivity index (χ1) is 8.95. The lowest BCUT2D eigenvalue weighted by molar-refractivity contribution is -0.131. The molecule has 4 nitrogen and oxygen atoms in total. The monoisotopic (exact) mass is 267 g/mol. The largest absolute Gasteiger partial charge is 0.478 e. The SMILES string of the molecule is COCC(C)N(C)c1ccc(C=CC(=O)O)cc1F. The van der Waals surface area contributed by atoms with Crippen molar-refractivity contribution in [2.45, 2.75) is 13.0 Å². The van der Waals surface area contributed by atoms with Gasteiger partial charge in [0.2, 0.25) is 0 Å². The lowest BCUT2D eigenvalue weighted by Gasteiger charge is -2.26. The van der Waals surface area contributed by atoms with E-state index in [9.17, 15) is 9.18 Å². The summed E-state index contributed by atoms with van der Waals surface area (Å²) in [6.45, 7) is 2.43. The van der Waals surface area contributed by atoms with Gasteiger partial charge < -0.3 is 14.7 Å². The fourth-order valence-corrected chi connectivity index (χ4v) is 1.67. The van der Waals surface area contributed by atoms with Crippen molar-refractivity contribution in [2.24, 2.45) is 0 Å². The van der Waals surface area contributed by atoms with Crippen LogP contribution in [0.3, 0.4) is 0 Å². The summed E-state index contributed by atoms with van der Waals surface area (Å²) in [6, 6.07) is 4.65. The third-order valence-electron chi connectivity index (χ3n) is 2.84. The van der Waals surface area contributed by atoms with E-state index in [1.54, 1.807) is 31.2 Å². The smallest absolute Gasteiger partial charge is 0.328 e. The number of halogens is 1. The Morgan fingerprint density at radius 1 is 1.58 bits per heavy atom. The molecule has 1 aromatic rings. The molecular formula is C14H18FNO3. The summed E-state index contributed by atoms with van der Waals surface area (Å²) in [5.74, 6) is -1.45. The molecule has 0 aliphatic rings. The first-order valence-corrected chi connectivity index (χ1v) is 5.88. The highest BCUT2D eigenvalue weighted by atomic mass is 19.1. The molecule has 104 valence electrons.